The third-order valence-corrected chi connectivity index (χ3v) is 4.82. The van der Waals surface area contributed by atoms with E-state index in [2.05, 4.69) is 5.16 Å². The third-order valence-electron chi connectivity index (χ3n) is 4.16. The van der Waals surface area contributed by atoms with Crippen LogP contribution < -0.4 is 0 Å². The summed E-state index contributed by atoms with van der Waals surface area (Å²) < 4.78 is 20.0. The molecule has 6 heteroatoms. The largest absolute Gasteiger partial charge is 0.508 e. The zero-order valence-electron chi connectivity index (χ0n) is 13.8. The second-order valence-corrected chi connectivity index (χ2v) is 6.67. The van der Waals surface area contributed by atoms with Gasteiger partial charge in [-0.25, -0.2) is 4.39 Å². The number of benzene rings is 3. The highest BCUT2D eigenvalue weighted by atomic mass is 35.5. The van der Waals surface area contributed by atoms with Crippen molar-refractivity contribution in [1.82, 2.24) is 5.16 Å². The van der Waals surface area contributed by atoms with Crippen molar-refractivity contribution in [3.05, 3.63) is 82.6 Å². The fourth-order valence-corrected chi connectivity index (χ4v) is 3.37. The lowest BCUT2D eigenvalue weighted by Crippen LogP contribution is -1.89. The Labute approximate surface area is 164 Å². The molecule has 0 saturated heterocycles. The molecule has 0 unspecified atom stereocenters. The first-order valence-corrected chi connectivity index (χ1v) is 8.80. The fourth-order valence-electron chi connectivity index (χ4n) is 2.91. The molecule has 0 bridgehead atoms. The standard InChI is InChI=1S/C21H12Cl2FNO2/c22-16-7-3-1-5-13(16)19-20(14-6-2-4-8-17(14)23)25-27-21(19)15-10-9-12(26)11-18(15)24/h1-11,26H. The predicted molar refractivity (Wildman–Crippen MR) is 104 cm³/mol. The number of phenols is 1. The minimum atomic E-state index is -0.634. The van der Waals surface area contributed by atoms with Crippen LogP contribution in [0.3, 0.4) is 0 Å². The predicted octanol–water partition coefficient (Wildman–Crippen LogP) is 6.83. The Morgan fingerprint density at radius 3 is 2.07 bits per heavy atom. The van der Waals surface area contributed by atoms with Crippen molar-refractivity contribution in [3.8, 4) is 39.5 Å². The number of aromatic nitrogens is 1. The number of hydrogen-bond acceptors (Lipinski definition) is 3. The molecule has 0 fully saturated rings. The summed E-state index contributed by atoms with van der Waals surface area (Å²) in [7, 11) is 0. The summed E-state index contributed by atoms with van der Waals surface area (Å²) in [6.07, 6.45) is 0. The summed E-state index contributed by atoms with van der Waals surface area (Å²) in [6.45, 7) is 0. The Morgan fingerprint density at radius 2 is 1.44 bits per heavy atom. The second kappa shape index (κ2) is 7.06. The molecule has 1 N–H and O–H groups in total. The van der Waals surface area contributed by atoms with Crippen LogP contribution in [0.1, 0.15) is 0 Å². The first-order chi connectivity index (χ1) is 13.1. The first-order valence-electron chi connectivity index (χ1n) is 8.04. The van der Waals surface area contributed by atoms with Crippen molar-refractivity contribution < 1.29 is 14.0 Å². The molecule has 134 valence electrons. The van der Waals surface area contributed by atoms with Gasteiger partial charge < -0.3 is 9.63 Å². The van der Waals surface area contributed by atoms with E-state index in [-0.39, 0.29) is 17.1 Å². The molecular formula is C21H12Cl2FNO2. The molecule has 0 aliphatic carbocycles. The van der Waals surface area contributed by atoms with Gasteiger partial charge in [-0.3, -0.25) is 0 Å². The topological polar surface area (TPSA) is 46.3 Å². The number of aromatic hydroxyl groups is 1. The van der Waals surface area contributed by atoms with Crippen LogP contribution in [0.15, 0.2) is 71.3 Å². The molecule has 0 atom stereocenters. The summed E-state index contributed by atoms with van der Waals surface area (Å²) in [6, 6.07) is 18.2. The molecule has 0 saturated carbocycles. The van der Waals surface area contributed by atoms with E-state index in [4.69, 9.17) is 27.7 Å². The molecule has 0 radical (unpaired) electrons. The van der Waals surface area contributed by atoms with Crippen molar-refractivity contribution >= 4 is 23.2 Å². The van der Waals surface area contributed by atoms with E-state index >= 15 is 0 Å². The molecule has 1 aromatic heterocycles. The Morgan fingerprint density at radius 1 is 0.815 bits per heavy atom. The third kappa shape index (κ3) is 3.18. The van der Waals surface area contributed by atoms with Gasteiger partial charge >= 0.3 is 0 Å². The Hall–Kier alpha value is -2.82. The summed E-state index contributed by atoms with van der Waals surface area (Å²) in [4.78, 5) is 0. The van der Waals surface area contributed by atoms with Gasteiger partial charge in [-0.05, 0) is 24.3 Å². The summed E-state index contributed by atoms with van der Waals surface area (Å²) >= 11 is 12.7. The van der Waals surface area contributed by atoms with Crippen LogP contribution in [0.5, 0.6) is 5.75 Å². The van der Waals surface area contributed by atoms with E-state index in [0.29, 0.717) is 32.4 Å². The molecule has 3 nitrogen and oxygen atoms in total. The monoisotopic (exact) mass is 399 g/mol. The van der Waals surface area contributed by atoms with Gasteiger partial charge in [-0.15, -0.1) is 0 Å². The zero-order valence-corrected chi connectivity index (χ0v) is 15.3. The molecule has 0 aliphatic heterocycles. The highest BCUT2D eigenvalue weighted by Gasteiger charge is 2.25. The molecule has 3 aromatic carbocycles. The van der Waals surface area contributed by atoms with Crippen LogP contribution >= 0.6 is 23.2 Å². The van der Waals surface area contributed by atoms with Crippen molar-refractivity contribution in [3.63, 3.8) is 0 Å². The van der Waals surface area contributed by atoms with Crippen LogP contribution in [0, 0.1) is 5.82 Å². The summed E-state index contributed by atoms with van der Waals surface area (Å²) in [5.74, 6) is -0.609. The molecule has 4 aromatic rings. The molecule has 0 aliphatic rings. The Kier molecular flexibility index (Phi) is 4.60. The van der Waals surface area contributed by atoms with Crippen molar-refractivity contribution in [2.45, 2.75) is 0 Å². The van der Waals surface area contributed by atoms with Gasteiger partial charge in [0, 0.05) is 22.2 Å². The van der Waals surface area contributed by atoms with Crippen molar-refractivity contribution in [1.29, 1.82) is 0 Å². The van der Waals surface area contributed by atoms with Gasteiger partial charge in [-0.2, -0.15) is 0 Å². The lowest BCUT2D eigenvalue weighted by atomic mass is 9.96. The lowest BCUT2D eigenvalue weighted by Gasteiger charge is -2.08. The highest BCUT2D eigenvalue weighted by Crippen LogP contribution is 2.44. The number of nitrogens with zero attached hydrogens (tertiary/aromatic N) is 1. The first kappa shape index (κ1) is 17.6. The minimum absolute atomic E-state index is 0.161. The maximum Gasteiger partial charge on any atom is 0.178 e. The molecule has 0 amide bonds. The summed E-state index contributed by atoms with van der Waals surface area (Å²) in [5.41, 5.74) is 2.42. The lowest BCUT2D eigenvalue weighted by molar-refractivity contribution is 0.431. The zero-order chi connectivity index (χ0) is 19.0. The van der Waals surface area contributed by atoms with E-state index in [1.165, 1.54) is 12.1 Å². The average molecular weight is 400 g/mol. The number of halogens is 3. The molecule has 1 heterocycles. The maximum absolute atomic E-state index is 14.5. The van der Waals surface area contributed by atoms with E-state index in [1.807, 2.05) is 18.2 Å². The van der Waals surface area contributed by atoms with Gasteiger partial charge in [0.15, 0.2) is 5.76 Å². The normalized spacial score (nSPS) is 10.9. The van der Waals surface area contributed by atoms with Crippen LogP contribution in [0.4, 0.5) is 4.39 Å². The average Bonchev–Trinajstić information content (AvgIpc) is 3.07. The van der Waals surface area contributed by atoms with Crippen LogP contribution in [0.25, 0.3) is 33.7 Å². The van der Waals surface area contributed by atoms with Gasteiger partial charge in [0.1, 0.15) is 17.3 Å². The molecular weight excluding hydrogens is 388 g/mol. The highest BCUT2D eigenvalue weighted by molar-refractivity contribution is 6.34. The smallest absolute Gasteiger partial charge is 0.178 e. The van der Waals surface area contributed by atoms with E-state index in [9.17, 15) is 9.50 Å². The Balaban J connectivity index is 2.04. The SMILES string of the molecule is Oc1ccc(-c2onc(-c3ccccc3Cl)c2-c2ccccc2Cl)c(F)c1. The van der Waals surface area contributed by atoms with Crippen LogP contribution in [0.2, 0.25) is 10.0 Å². The molecule has 4 rings (SSSR count). The van der Waals surface area contributed by atoms with Gasteiger partial charge in [0.25, 0.3) is 0 Å². The number of phenolic OH excluding ortho intramolecular Hbond substituents is 1. The summed E-state index contributed by atoms with van der Waals surface area (Å²) in [5, 5.41) is 14.6. The Bertz CT molecular complexity index is 1140. The van der Waals surface area contributed by atoms with E-state index in [0.717, 1.165) is 6.07 Å². The fraction of sp³-hybridized carbons (Fsp3) is 0. The van der Waals surface area contributed by atoms with Crippen molar-refractivity contribution in [2.24, 2.45) is 0 Å². The van der Waals surface area contributed by atoms with E-state index in [1.54, 1.807) is 30.3 Å². The van der Waals surface area contributed by atoms with Gasteiger partial charge in [-0.1, -0.05) is 64.8 Å². The molecule has 27 heavy (non-hydrogen) atoms. The number of rotatable bonds is 3. The molecule has 0 spiro atoms. The van der Waals surface area contributed by atoms with E-state index < -0.39 is 5.82 Å². The van der Waals surface area contributed by atoms with Crippen LogP contribution in [-0.2, 0) is 0 Å². The van der Waals surface area contributed by atoms with Crippen LogP contribution in [-0.4, -0.2) is 10.3 Å². The van der Waals surface area contributed by atoms with Gasteiger partial charge in [0.2, 0.25) is 0 Å². The quantitative estimate of drug-likeness (QED) is 0.410. The maximum atomic E-state index is 14.5. The van der Waals surface area contributed by atoms with Crippen molar-refractivity contribution in [2.75, 3.05) is 0 Å². The second-order valence-electron chi connectivity index (χ2n) is 5.86. The van der Waals surface area contributed by atoms with Gasteiger partial charge in [0.05, 0.1) is 16.1 Å². The number of hydrogen-bond donors (Lipinski definition) is 1. The minimum Gasteiger partial charge on any atom is -0.508 e.